The molecular weight excluding hydrogens is 803 g/mol. The number of carbonyl (C=O) groups excluding carboxylic acids is 2. The van der Waals surface area contributed by atoms with Crippen molar-refractivity contribution in [3.8, 4) is 0 Å². The maximum atomic E-state index is 12.0. The molecule has 12 nitrogen and oxygen atoms in total. The van der Waals surface area contributed by atoms with Crippen LogP contribution in [0.15, 0.2) is 41.7 Å². The minimum atomic E-state index is -0.853. The van der Waals surface area contributed by atoms with Crippen LogP contribution in [-0.4, -0.2) is 61.3 Å². The average Bonchev–Trinajstić information content (AvgIpc) is 3.28. The standard InChI is InChI=1S/C26H46N2OS.C15H23N3O5.C4H10.C3H8.CH4O/c1-3-4-5-6-7-8-9-10-11-12-13-14-15-16-17-18-21-30-26(29)28-25-22-24(27)20-19-23(25)2;1-4-15(8-19,10-23-18-21)9-22-14(20)17-12-6-5-11(2)13(7-12)16-3;1-3-4-2;1-3-2;1-2/h19-20,22H,3-18,21,27H2,1-2H3,(H,28,29);5-7,16,19H,4,8-10H2,1-3H3,(H,17,20);3-4H2,1-2H3;3H2,1-2H3;2H,1H3. The van der Waals surface area contributed by atoms with Crippen LogP contribution >= 0.6 is 11.8 Å². The van der Waals surface area contributed by atoms with Crippen LogP contribution in [0.4, 0.5) is 32.3 Å². The molecule has 7 N–H and O–H groups in total. The topological polar surface area (TPSA) is 185 Å². The van der Waals surface area contributed by atoms with E-state index in [0.717, 1.165) is 41.8 Å². The summed E-state index contributed by atoms with van der Waals surface area (Å²) in [6, 6.07) is 11.0. The fourth-order valence-electron chi connectivity index (χ4n) is 5.69. The Hall–Kier alpha value is -3.55. The fourth-order valence-corrected chi connectivity index (χ4v) is 6.41. The summed E-state index contributed by atoms with van der Waals surface area (Å²) in [5.41, 5.74) is 10.0. The molecule has 2 aromatic rings. The van der Waals surface area contributed by atoms with Gasteiger partial charge in [0.2, 0.25) is 0 Å². The van der Waals surface area contributed by atoms with Gasteiger partial charge in [-0.1, -0.05) is 181 Å². The molecule has 0 radical (unpaired) electrons. The smallest absolute Gasteiger partial charge is 0.411 e. The highest BCUT2D eigenvalue weighted by Gasteiger charge is 2.31. The summed E-state index contributed by atoms with van der Waals surface area (Å²) in [6.07, 6.45) is 25.7. The van der Waals surface area contributed by atoms with E-state index in [9.17, 15) is 19.6 Å². The summed E-state index contributed by atoms with van der Waals surface area (Å²) < 4.78 is 5.14. The number of nitrogens with two attached hydrogens (primary N) is 1. The molecule has 62 heavy (non-hydrogen) atoms. The van der Waals surface area contributed by atoms with E-state index in [2.05, 4.69) is 60.7 Å². The zero-order chi connectivity index (χ0) is 47.3. The number of unbranched alkanes of at least 4 members (excludes halogenated alkanes) is 16. The van der Waals surface area contributed by atoms with Gasteiger partial charge in [0.15, 0.2) is 5.34 Å². The molecule has 1 unspecified atom stereocenters. The Kier molecular flexibility index (Phi) is 46.0. The van der Waals surface area contributed by atoms with Gasteiger partial charge in [-0.2, -0.15) is 0 Å². The first-order valence-corrected chi connectivity index (χ1v) is 24.5. The molecule has 0 aromatic heterocycles. The van der Waals surface area contributed by atoms with Gasteiger partial charge in [-0.25, -0.2) is 4.79 Å². The van der Waals surface area contributed by atoms with Crippen LogP contribution in [0.3, 0.4) is 0 Å². The molecule has 360 valence electrons. The summed E-state index contributed by atoms with van der Waals surface area (Å²) in [4.78, 5) is 38.5. The third kappa shape index (κ3) is 36.0. The van der Waals surface area contributed by atoms with Crippen LogP contribution in [0.2, 0.25) is 0 Å². The maximum absolute atomic E-state index is 12.0. The first kappa shape index (κ1) is 62.7. The van der Waals surface area contributed by atoms with Crippen molar-refractivity contribution in [2.24, 2.45) is 10.8 Å². The third-order valence-electron chi connectivity index (χ3n) is 10.0. The molecule has 0 spiro atoms. The number of aryl methyl sites for hydroxylation is 2. The van der Waals surface area contributed by atoms with Crippen LogP contribution in [-0.2, 0) is 9.57 Å². The van der Waals surface area contributed by atoms with Crippen molar-refractivity contribution in [3.05, 3.63) is 52.4 Å². The first-order valence-electron chi connectivity index (χ1n) is 23.5. The lowest BCUT2D eigenvalue weighted by Gasteiger charge is -2.27. The Labute approximate surface area is 382 Å². The number of hydrogen-bond donors (Lipinski definition) is 6. The number of benzene rings is 2. The fraction of sp³-hybridized carbons (Fsp3) is 0.714. The van der Waals surface area contributed by atoms with Crippen LogP contribution in [0.25, 0.3) is 0 Å². The lowest BCUT2D eigenvalue weighted by atomic mass is 9.88. The number of aliphatic hydroxyl groups is 2. The monoisotopic (exact) mass is 894 g/mol. The van der Waals surface area contributed by atoms with Crippen LogP contribution in [0.5, 0.6) is 0 Å². The highest BCUT2D eigenvalue weighted by molar-refractivity contribution is 8.13. The van der Waals surface area contributed by atoms with E-state index in [1.165, 1.54) is 127 Å². The van der Waals surface area contributed by atoms with E-state index >= 15 is 0 Å². The molecule has 0 fully saturated rings. The number of ether oxygens (including phenoxy) is 1. The summed E-state index contributed by atoms with van der Waals surface area (Å²) in [6.45, 7) is 16.1. The second-order valence-electron chi connectivity index (χ2n) is 15.7. The van der Waals surface area contributed by atoms with Crippen LogP contribution in [0.1, 0.15) is 181 Å². The molecular formula is C49H91N5O7S. The van der Waals surface area contributed by atoms with Crippen molar-refractivity contribution in [3.63, 3.8) is 0 Å². The number of aliphatic hydroxyl groups excluding tert-OH is 2. The van der Waals surface area contributed by atoms with E-state index in [1.807, 2.05) is 38.1 Å². The number of carbonyl (C=O) groups is 2. The SMILES string of the molecule is CCC.CCC(CO)(CON=O)COC(=O)Nc1ccc(C)c(NC)c1.CCCC.CCCCCCCCCCCCCCCCCCSC(=O)Nc1cc(N)ccc1C.CO. The summed E-state index contributed by atoms with van der Waals surface area (Å²) in [5, 5.41) is 27.4. The number of rotatable bonds is 28. The van der Waals surface area contributed by atoms with Crippen molar-refractivity contribution < 1.29 is 29.4 Å². The summed E-state index contributed by atoms with van der Waals surface area (Å²) >= 11 is 1.38. The number of nitrogens with zero attached hydrogens (tertiary/aromatic N) is 1. The van der Waals surface area contributed by atoms with Crippen LogP contribution in [0, 0.1) is 24.2 Å². The molecule has 0 aliphatic heterocycles. The van der Waals surface area contributed by atoms with Gasteiger partial charge in [0.25, 0.3) is 5.24 Å². The van der Waals surface area contributed by atoms with E-state index in [0.29, 0.717) is 17.8 Å². The van der Waals surface area contributed by atoms with Crippen molar-refractivity contribution >= 4 is 45.8 Å². The molecule has 2 aromatic carbocycles. The first-order chi connectivity index (χ1) is 30.0. The highest BCUT2D eigenvalue weighted by Crippen LogP contribution is 2.24. The van der Waals surface area contributed by atoms with Gasteiger partial charge in [-0.05, 0) is 62.1 Å². The van der Waals surface area contributed by atoms with E-state index in [4.69, 9.17) is 15.6 Å². The number of nitrogens with one attached hydrogen (secondary N) is 3. The van der Waals surface area contributed by atoms with Crippen molar-refractivity contribution in [2.75, 3.05) is 61.4 Å². The molecule has 2 amide bonds. The molecule has 0 bridgehead atoms. The maximum Gasteiger partial charge on any atom is 0.411 e. The number of thioether (sulfide) groups is 1. The van der Waals surface area contributed by atoms with Gasteiger partial charge in [0, 0.05) is 42.7 Å². The number of nitrogen functional groups attached to an aromatic ring is 1. The molecule has 0 heterocycles. The molecule has 13 heteroatoms. The minimum Gasteiger partial charge on any atom is -0.448 e. The molecule has 0 aliphatic rings. The Bertz CT molecular complexity index is 1350. The largest absolute Gasteiger partial charge is 0.448 e. The number of anilines is 4. The predicted molar refractivity (Wildman–Crippen MR) is 269 cm³/mol. The second kappa shape index (κ2) is 45.5. The predicted octanol–water partition coefficient (Wildman–Crippen LogP) is 14.6. The molecule has 2 rings (SSSR count). The summed E-state index contributed by atoms with van der Waals surface area (Å²) in [7, 11) is 2.79. The van der Waals surface area contributed by atoms with Crippen molar-refractivity contribution in [1.82, 2.24) is 0 Å². The molecule has 0 saturated heterocycles. The van der Waals surface area contributed by atoms with E-state index in [-0.39, 0.29) is 25.1 Å². The van der Waals surface area contributed by atoms with Crippen LogP contribution < -0.4 is 21.7 Å². The Balaban J connectivity index is -0.000000961. The van der Waals surface area contributed by atoms with Gasteiger partial charge < -0.3 is 36.2 Å². The Morgan fingerprint density at radius 1 is 0.694 bits per heavy atom. The number of amides is 2. The number of hydrogen-bond acceptors (Lipinski definition) is 11. The Morgan fingerprint density at radius 3 is 1.63 bits per heavy atom. The summed E-state index contributed by atoms with van der Waals surface area (Å²) in [5.74, 6) is 0.894. The van der Waals surface area contributed by atoms with Gasteiger partial charge in [0.05, 0.1) is 12.0 Å². The minimum absolute atomic E-state index is 0.0182. The van der Waals surface area contributed by atoms with Crippen molar-refractivity contribution in [1.29, 1.82) is 0 Å². The van der Waals surface area contributed by atoms with Gasteiger partial charge in [0.1, 0.15) is 13.2 Å². The lowest BCUT2D eigenvalue weighted by molar-refractivity contribution is -0.0324. The zero-order valence-corrected chi connectivity index (χ0v) is 41.6. The molecule has 0 aliphatic carbocycles. The Morgan fingerprint density at radius 2 is 1.18 bits per heavy atom. The van der Waals surface area contributed by atoms with Gasteiger partial charge >= 0.3 is 6.09 Å². The van der Waals surface area contributed by atoms with E-state index in [1.54, 1.807) is 26.1 Å². The van der Waals surface area contributed by atoms with E-state index < -0.39 is 11.5 Å². The second-order valence-corrected chi connectivity index (χ2v) is 16.8. The molecule has 0 saturated carbocycles. The normalized spacial score (nSPS) is 11.0. The average molecular weight is 894 g/mol. The quantitative estimate of drug-likeness (QED) is 0.0208. The third-order valence-corrected chi connectivity index (χ3v) is 10.9. The molecule has 1 atom stereocenters. The van der Waals surface area contributed by atoms with Gasteiger partial charge in [-0.3, -0.25) is 10.1 Å². The highest BCUT2D eigenvalue weighted by atomic mass is 32.2. The lowest BCUT2D eigenvalue weighted by Crippen LogP contribution is -2.36. The van der Waals surface area contributed by atoms with Gasteiger partial charge in [-0.15, -0.1) is 4.91 Å². The van der Waals surface area contributed by atoms with Crippen molar-refractivity contribution in [2.45, 2.75) is 184 Å². The zero-order valence-electron chi connectivity index (χ0n) is 40.8.